The van der Waals surface area contributed by atoms with Gasteiger partial charge in [-0.25, -0.2) is 9.50 Å². The van der Waals surface area contributed by atoms with Gasteiger partial charge < -0.3 is 4.90 Å². The first-order chi connectivity index (χ1) is 13.8. The Balaban J connectivity index is 1.77. The fraction of sp³-hybridized carbons (Fsp3) is 0.381. The molecule has 0 radical (unpaired) electrons. The van der Waals surface area contributed by atoms with Crippen molar-refractivity contribution < 1.29 is 18.0 Å². The number of fused-ring (bicyclic) bond motifs is 1. The zero-order valence-corrected chi connectivity index (χ0v) is 16.0. The van der Waals surface area contributed by atoms with E-state index in [-0.39, 0.29) is 29.0 Å². The van der Waals surface area contributed by atoms with Crippen LogP contribution < -0.4 is 0 Å². The number of hydrogen-bond acceptors (Lipinski definition) is 3. The van der Waals surface area contributed by atoms with Gasteiger partial charge in [-0.05, 0) is 18.9 Å². The molecular formula is C21H21F3N4O. The smallest absolute Gasteiger partial charge is 0.337 e. The van der Waals surface area contributed by atoms with Crippen LogP contribution in [0.1, 0.15) is 48.3 Å². The number of nitrogens with zero attached hydrogens (tertiary/aromatic N) is 4. The number of halogens is 3. The van der Waals surface area contributed by atoms with Crippen LogP contribution in [0.2, 0.25) is 0 Å². The highest BCUT2D eigenvalue weighted by Gasteiger charge is 2.36. The third kappa shape index (κ3) is 3.83. The van der Waals surface area contributed by atoms with Crippen molar-refractivity contribution in [2.24, 2.45) is 0 Å². The minimum Gasteiger partial charge on any atom is -0.337 e. The Morgan fingerprint density at radius 2 is 1.79 bits per heavy atom. The first-order valence-electron chi connectivity index (χ1n) is 9.65. The molecule has 0 saturated heterocycles. The molecule has 8 heteroatoms. The van der Waals surface area contributed by atoms with Gasteiger partial charge in [-0.2, -0.15) is 18.3 Å². The molecule has 0 aliphatic heterocycles. The van der Waals surface area contributed by atoms with Gasteiger partial charge in [0.25, 0.3) is 5.91 Å². The van der Waals surface area contributed by atoms with E-state index < -0.39 is 11.9 Å². The van der Waals surface area contributed by atoms with Crippen molar-refractivity contribution in [2.45, 2.75) is 44.3 Å². The molecule has 5 nitrogen and oxygen atoms in total. The summed E-state index contributed by atoms with van der Waals surface area (Å²) in [6, 6.07) is 11.0. The van der Waals surface area contributed by atoms with Gasteiger partial charge >= 0.3 is 6.18 Å². The molecule has 1 aromatic carbocycles. The summed E-state index contributed by atoms with van der Waals surface area (Å²) in [5, 5.41) is 3.97. The summed E-state index contributed by atoms with van der Waals surface area (Å²) >= 11 is 0. The van der Waals surface area contributed by atoms with E-state index in [4.69, 9.17) is 0 Å². The maximum absolute atomic E-state index is 13.7. The minimum atomic E-state index is -4.63. The number of rotatable bonds is 3. The van der Waals surface area contributed by atoms with E-state index >= 15 is 0 Å². The topological polar surface area (TPSA) is 50.5 Å². The molecule has 1 saturated carbocycles. The molecule has 0 spiro atoms. The molecule has 3 aromatic rings. The van der Waals surface area contributed by atoms with Crippen molar-refractivity contribution in [1.82, 2.24) is 19.5 Å². The fourth-order valence-electron chi connectivity index (χ4n) is 3.85. The summed E-state index contributed by atoms with van der Waals surface area (Å²) in [4.78, 5) is 18.8. The Morgan fingerprint density at radius 1 is 1.10 bits per heavy atom. The molecule has 1 fully saturated rings. The second-order valence-electron chi connectivity index (χ2n) is 7.40. The van der Waals surface area contributed by atoms with E-state index in [1.54, 1.807) is 42.3 Å². The van der Waals surface area contributed by atoms with Crippen LogP contribution in [-0.4, -0.2) is 38.5 Å². The van der Waals surface area contributed by atoms with Gasteiger partial charge in [0, 0.05) is 24.7 Å². The Labute approximate surface area is 166 Å². The van der Waals surface area contributed by atoms with Gasteiger partial charge in [-0.1, -0.05) is 49.6 Å². The highest BCUT2D eigenvalue weighted by molar-refractivity contribution is 5.93. The summed E-state index contributed by atoms with van der Waals surface area (Å²) in [6.07, 6.45) is 0.418. The third-order valence-corrected chi connectivity index (χ3v) is 5.45. The van der Waals surface area contributed by atoms with Gasteiger partial charge in [0.15, 0.2) is 17.0 Å². The first-order valence-corrected chi connectivity index (χ1v) is 9.65. The largest absolute Gasteiger partial charge is 0.433 e. The highest BCUT2D eigenvalue weighted by atomic mass is 19.4. The van der Waals surface area contributed by atoms with E-state index in [1.165, 1.54) is 6.07 Å². The summed E-state index contributed by atoms with van der Waals surface area (Å²) in [5.41, 5.74) is -0.236. The molecule has 0 unspecified atom stereocenters. The first kappa shape index (κ1) is 19.4. The average Bonchev–Trinajstić information content (AvgIpc) is 3.16. The van der Waals surface area contributed by atoms with Crippen molar-refractivity contribution in [1.29, 1.82) is 0 Å². The quantitative estimate of drug-likeness (QED) is 0.631. The molecule has 1 aliphatic rings. The van der Waals surface area contributed by atoms with Crippen LogP contribution in [0.15, 0.2) is 42.5 Å². The highest BCUT2D eigenvalue weighted by Crippen LogP contribution is 2.32. The maximum Gasteiger partial charge on any atom is 0.433 e. The number of hydrogen-bond donors (Lipinski definition) is 0. The molecule has 2 aromatic heterocycles. The Hall–Kier alpha value is -2.90. The predicted octanol–water partition coefficient (Wildman–Crippen LogP) is 4.82. The number of carbonyl (C=O) groups excluding carboxylic acids is 1. The lowest BCUT2D eigenvalue weighted by Gasteiger charge is -2.30. The number of alkyl halides is 3. The second kappa shape index (κ2) is 7.50. The number of amides is 1. The van der Waals surface area contributed by atoms with Crippen LogP contribution in [-0.2, 0) is 6.18 Å². The van der Waals surface area contributed by atoms with Crippen molar-refractivity contribution >= 4 is 11.6 Å². The van der Waals surface area contributed by atoms with E-state index in [9.17, 15) is 18.0 Å². The maximum atomic E-state index is 13.7. The number of aromatic nitrogens is 3. The van der Waals surface area contributed by atoms with Crippen LogP contribution in [0.4, 0.5) is 13.2 Å². The van der Waals surface area contributed by atoms with Crippen molar-refractivity contribution in [2.75, 3.05) is 7.05 Å². The zero-order valence-electron chi connectivity index (χ0n) is 16.0. The van der Waals surface area contributed by atoms with Gasteiger partial charge in [0.2, 0.25) is 0 Å². The predicted molar refractivity (Wildman–Crippen MR) is 102 cm³/mol. The van der Waals surface area contributed by atoms with Gasteiger partial charge in [0.1, 0.15) is 0 Å². The Kier molecular flexibility index (Phi) is 5.02. The Bertz CT molecular complexity index is 1020. The van der Waals surface area contributed by atoms with E-state index in [0.29, 0.717) is 10.1 Å². The van der Waals surface area contributed by atoms with Gasteiger partial charge in [-0.3, -0.25) is 4.79 Å². The van der Waals surface area contributed by atoms with E-state index in [1.807, 2.05) is 0 Å². The number of carbonyl (C=O) groups is 1. The molecule has 29 heavy (non-hydrogen) atoms. The van der Waals surface area contributed by atoms with Gasteiger partial charge in [0.05, 0.1) is 5.69 Å². The number of benzene rings is 1. The molecular weight excluding hydrogens is 381 g/mol. The van der Waals surface area contributed by atoms with Crippen LogP contribution in [0.5, 0.6) is 0 Å². The molecule has 0 N–H and O–H groups in total. The molecule has 1 aliphatic carbocycles. The van der Waals surface area contributed by atoms with Crippen LogP contribution in [0.25, 0.3) is 16.9 Å². The lowest BCUT2D eigenvalue weighted by Crippen LogP contribution is -2.38. The standard InChI is InChI=1S/C21H21F3N4O/c1-27(15-10-6-3-7-11-15)20(29)17-13-19-25-16(14-8-4-2-5-9-14)12-18(21(22,23)24)28(19)26-17/h2,4-5,8-9,12-13,15H,3,6-7,10-11H2,1H3. The fourth-order valence-corrected chi connectivity index (χ4v) is 3.85. The normalized spacial score (nSPS) is 15.6. The lowest BCUT2D eigenvalue weighted by molar-refractivity contribution is -0.142. The zero-order chi connectivity index (χ0) is 20.6. The summed E-state index contributed by atoms with van der Waals surface area (Å²) in [6.45, 7) is 0. The monoisotopic (exact) mass is 402 g/mol. The Morgan fingerprint density at radius 3 is 2.45 bits per heavy atom. The molecule has 1 amide bonds. The SMILES string of the molecule is CN(C(=O)c1cc2nc(-c3ccccc3)cc(C(F)(F)F)n2n1)C1CCCCC1. The third-order valence-electron chi connectivity index (χ3n) is 5.45. The van der Waals surface area contributed by atoms with Crippen molar-refractivity contribution in [3.8, 4) is 11.3 Å². The molecule has 4 rings (SSSR count). The molecule has 0 bridgehead atoms. The van der Waals surface area contributed by atoms with Crippen molar-refractivity contribution in [3.63, 3.8) is 0 Å². The lowest BCUT2D eigenvalue weighted by atomic mass is 9.94. The van der Waals surface area contributed by atoms with Gasteiger partial charge in [-0.15, -0.1) is 0 Å². The second-order valence-corrected chi connectivity index (χ2v) is 7.40. The summed E-state index contributed by atoms with van der Waals surface area (Å²) in [5.74, 6) is -0.378. The minimum absolute atomic E-state index is 0.000859. The molecule has 152 valence electrons. The average molecular weight is 402 g/mol. The van der Waals surface area contributed by atoms with Crippen LogP contribution in [0.3, 0.4) is 0 Å². The van der Waals surface area contributed by atoms with Crippen LogP contribution >= 0.6 is 0 Å². The molecule has 2 heterocycles. The molecule has 0 atom stereocenters. The summed E-state index contributed by atoms with van der Waals surface area (Å²) < 4.78 is 41.8. The van der Waals surface area contributed by atoms with Crippen molar-refractivity contribution in [3.05, 3.63) is 53.9 Å². The summed E-state index contributed by atoms with van der Waals surface area (Å²) in [7, 11) is 1.69. The van der Waals surface area contributed by atoms with Crippen LogP contribution in [0, 0.1) is 0 Å². The van der Waals surface area contributed by atoms with E-state index in [0.717, 1.165) is 38.2 Å². The van der Waals surface area contributed by atoms with E-state index in [2.05, 4.69) is 10.1 Å².